The number of thiophene rings is 1. The minimum atomic E-state index is -0.434. The fraction of sp³-hybridized carbons (Fsp3) is 0.182. The fourth-order valence-electron chi connectivity index (χ4n) is 2.99. The van der Waals surface area contributed by atoms with Crippen molar-refractivity contribution < 1.29 is 14.3 Å². The first-order chi connectivity index (χ1) is 13.4. The van der Waals surface area contributed by atoms with Crippen molar-refractivity contribution in [3.05, 3.63) is 73.7 Å². The van der Waals surface area contributed by atoms with Crippen LogP contribution in [0, 0.1) is 17.4 Å². The molecule has 4 nitrogen and oxygen atoms in total. The molecule has 0 radical (unpaired) electrons. The SMILES string of the molecule is CCOC(=O)c1c(-c2ccc(C)cc2C)csc1NC(=O)c1ccccc1I. The van der Waals surface area contributed by atoms with E-state index in [0.29, 0.717) is 16.1 Å². The number of hydrogen-bond acceptors (Lipinski definition) is 4. The average molecular weight is 505 g/mol. The van der Waals surface area contributed by atoms with Gasteiger partial charge in [0.05, 0.1) is 12.2 Å². The van der Waals surface area contributed by atoms with Crippen molar-refractivity contribution in [1.82, 2.24) is 0 Å². The third-order valence-corrected chi connectivity index (χ3v) is 6.12. The van der Waals surface area contributed by atoms with Gasteiger partial charge < -0.3 is 10.1 Å². The van der Waals surface area contributed by atoms with Crippen LogP contribution in [0.2, 0.25) is 0 Å². The molecule has 2 aromatic carbocycles. The van der Waals surface area contributed by atoms with E-state index in [2.05, 4.69) is 34.0 Å². The van der Waals surface area contributed by atoms with Crippen LogP contribution < -0.4 is 5.32 Å². The summed E-state index contributed by atoms with van der Waals surface area (Å²) in [6.45, 7) is 6.08. The summed E-state index contributed by atoms with van der Waals surface area (Å²) in [6, 6.07) is 13.4. The van der Waals surface area contributed by atoms with Crippen LogP contribution in [-0.2, 0) is 4.74 Å². The molecular formula is C22H20INO3S. The maximum atomic E-state index is 12.8. The summed E-state index contributed by atoms with van der Waals surface area (Å²) < 4.78 is 6.13. The zero-order chi connectivity index (χ0) is 20.3. The number of rotatable bonds is 5. The number of nitrogens with one attached hydrogen (secondary N) is 1. The molecule has 0 unspecified atom stereocenters. The molecule has 3 rings (SSSR count). The average Bonchev–Trinajstić information content (AvgIpc) is 3.05. The molecular weight excluding hydrogens is 485 g/mol. The second-order valence-electron chi connectivity index (χ2n) is 6.33. The summed E-state index contributed by atoms with van der Waals surface area (Å²) in [5, 5.41) is 5.30. The number of esters is 1. The van der Waals surface area contributed by atoms with Crippen molar-refractivity contribution in [2.24, 2.45) is 0 Å². The lowest BCUT2D eigenvalue weighted by molar-refractivity contribution is 0.0529. The van der Waals surface area contributed by atoms with Gasteiger partial charge in [0.25, 0.3) is 5.91 Å². The van der Waals surface area contributed by atoms with Crippen LogP contribution in [-0.4, -0.2) is 18.5 Å². The van der Waals surface area contributed by atoms with Gasteiger partial charge >= 0.3 is 5.97 Å². The van der Waals surface area contributed by atoms with Crippen LogP contribution in [0.4, 0.5) is 5.00 Å². The van der Waals surface area contributed by atoms with Crippen molar-refractivity contribution in [2.75, 3.05) is 11.9 Å². The highest BCUT2D eigenvalue weighted by molar-refractivity contribution is 14.1. The van der Waals surface area contributed by atoms with E-state index in [-0.39, 0.29) is 12.5 Å². The van der Waals surface area contributed by atoms with E-state index >= 15 is 0 Å². The van der Waals surface area contributed by atoms with Crippen LogP contribution >= 0.6 is 33.9 Å². The van der Waals surface area contributed by atoms with Crippen LogP contribution in [0.15, 0.2) is 47.8 Å². The van der Waals surface area contributed by atoms with E-state index in [4.69, 9.17) is 4.74 Å². The predicted octanol–water partition coefficient (Wildman–Crippen LogP) is 6.07. The van der Waals surface area contributed by atoms with Crippen LogP contribution in [0.5, 0.6) is 0 Å². The second-order valence-corrected chi connectivity index (χ2v) is 8.37. The van der Waals surface area contributed by atoms with E-state index in [1.807, 2.05) is 49.6 Å². The highest BCUT2D eigenvalue weighted by Crippen LogP contribution is 2.38. The number of hydrogen-bond donors (Lipinski definition) is 1. The van der Waals surface area contributed by atoms with Gasteiger partial charge in [0.15, 0.2) is 0 Å². The number of halogens is 1. The first-order valence-corrected chi connectivity index (χ1v) is 10.8. The molecule has 0 bridgehead atoms. The summed E-state index contributed by atoms with van der Waals surface area (Å²) in [5.41, 5.74) is 4.93. The van der Waals surface area contributed by atoms with Gasteiger partial charge in [0.2, 0.25) is 0 Å². The molecule has 0 saturated heterocycles. The zero-order valence-corrected chi connectivity index (χ0v) is 18.8. The Labute approximate surface area is 182 Å². The Morgan fingerprint density at radius 1 is 1.11 bits per heavy atom. The molecule has 6 heteroatoms. The van der Waals surface area contributed by atoms with E-state index < -0.39 is 5.97 Å². The molecule has 0 fully saturated rings. The Hall–Kier alpha value is -2.19. The lowest BCUT2D eigenvalue weighted by atomic mass is 9.97. The van der Waals surface area contributed by atoms with E-state index in [1.165, 1.54) is 11.3 Å². The van der Waals surface area contributed by atoms with Gasteiger partial charge in [0, 0.05) is 14.5 Å². The number of benzene rings is 2. The number of amides is 1. The van der Waals surface area contributed by atoms with E-state index in [0.717, 1.165) is 25.8 Å². The quantitative estimate of drug-likeness (QED) is 0.339. The summed E-state index contributed by atoms with van der Waals surface area (Å²) in [7, 11) is 0. The second kappa shape index (κ2) is 8.87. The largest absolute Gasteiger partial charge is 0.462 e. The maximum absolute atomic E-state index is 12.8. The smallest absolute Gasteiger partial charge is 0.341 e. The van der Waals surface area contributed by atoms with Crippen molar-refractivity contribution in [2.45, 2.75) is 20.8 Å². The molecule has 0 aliphatic carbocycles. The lowest BCUT2D eigenvalue weighted by Crippen LogP contribution is -2.15. The Bertz CT molecular complexity index is 1040. The summed E-state index contributed by atoms with van der Waals surface area (Å²) in [5.74, 6) is -0.679. The van der Waals surface area contributed by atoms with Crippen molar-refractivity contribution in [3.8, 4) is 11.1 Å². The predicted molar refractivity (Wildman–Crippen MR) is 122 cm³/mol. The third kappa shape index (κ3) is 4.28. The normalized spacial score (nSPS) is 10.6. The first-order valence-electron chi connectivity index (χ1n) is 8.84. The lowest BCUT2D eigenvalue weighted by Gasteiger charge is -2.11. The van der Waals surface area contributed by atoms with Gasteiger partial charge in [-0.15, -0.1) is 11.3 Å². The molecule has 3 aromatic rings. The number of ether oxygens (including phenoxy) is 1. The van der Waals surface area contributed by atoms with Gasteiger partial charge in [-0.1, -0.05) is 35.9 Å². The Morgan fingerprint density at radius 3 is 2.54 bits per heavy atom. The monoisotopic (exact) mass is 505 g/mol. The zero-order valence-electron chi connectivity index (χ0n) is 15.8. The molecule has 1 heterocycles. The van der Waals surface area contributed by atoms with Gasteiger partial charge in [-0.2, -0.15) is 0 Å². The minimum absolute atomic E-state index is 0.246. The van der Waals surface area contributed by atoms with Crippen LogP contribution in [0.1, 0.15) is 38.8 Å². The summed E-state index contributed by atoms with van der Waals surface area (Å²) >= 11 is 3.46. The standard InChI is InChI=1S/C22H20INO3S/c1-4-27-22(26)19-17(15-10-9-13(2)11-14(15)3)12-28-21(19)24-20(25)16-7-5-6-8-18(16)23/h5-12H,4H2,1-3H3,(H,24,25). The molecule has 1 N–H and O–H groups in total. The molecule has 0 spiro atoms. The van der Waals surface area contributed by atoms with Crippen LogP contribution in [0.3, 0.4) is 0 Å². The topological polar surface area (TPSA) is 55.4 Å². The Balaban J connectivity index is 2.04. The third-order valence-electron chi connectivity index (χ3n) is 4.29. The van der Waals surface area contributed by atoms with Crippen molar-refractivity contribution in [1.29, 1.82) is 0 Å². The molecule has 28 heavy (non-hydrogen) atoms. The van der Waals surface area contributed by atoms with Gasteiger partial charge in [-0.05, 0) is 66.6 Å². The maximum Gasteiger partial charge on any atom is 0.341 e. The molecule has 0 aliphatic heterocycles. The number of carbonyl (C=O) groups is 2. The summed E-state index contributed by atoms with van der Waals surface area (Å²) in [6.07, 6.45) is 0. The van der Waals surface area contributed by atoms with Gasteiger partial charge in [-0.25, -0.2) is 4.79 Å². The molecule has 0 saturated carbocycles. The number of carbonyl (C=O) groups excluding carboxylic acids is 2. The van der Waals surface area contributed by atoms with E-state index in [9.17, 15) is 9.59 Å². The van der Waals surface area contributed by atoms with Gasteiger partial charge in [-0.3, -0.25) is 4.79 Å². The molecule has 1 amide bonds. The Kier molecular flexibility index (Phi) is 6.51. The van der Waals surface area contributed by atoms with Crippen LogP contribution in [0.25, 0.3) is 11.1 Å². The molecule has 144 valence electrons. The van der Waals surface area contributed by atoms with Crippen molar-refractivity contribution >= 4 is 50.8 Å². The highest BCUT2D eigenvalue weighted by Gasteiger charge is 2.24. The van der Waals surface area contributed by atoms with Gasteiger partial charge in [0.1, 0.15) is 10.6 Å². The summed E-state index contributed by atoms with van der Waals surface area (Å²) in [4.78, 5) is 25.5. The number of anilines is 1. The number of aryl methyl sites for hydroxylation is 2. The first kappa shape index (κ1) is 20.5. The van der Waals surface area contributed by atoms with E-state index in [1.54, 1.807) is 13.0 Å². The van der Waals surface area contributed by atoms with Crippen molar-refractivity contribution in [3.63, 3.8) is 0 Å². The minimum Gasteiger partial charge on any atom is -0.462 e. The molecule has 0 atom stereocenters. The Morgan fingerprint density at radius 2 is 1.86 bits per heavy atom. The molecule has 1 aromatic heterocycles. The highest BCUT2D eigenvalue weighted by atomic mass is 127. The molecule has 0 aliphatic rings. The fourth-order valence-corrected chi connectivity index (χ4v) is 4.56.